The monoisotopic (exact) mass is 331 g/mol. The van der Waals surface area contributed by atoms with Crippen LogP contribution >= 0.6 is 0 Å². The molecule has 1 aliphatic heterocycles. The summed E-state index contributed by atoms with van der Waals surface area (Å²) in [4.78, 5) is 26.3. The maximum Gasteiger partial charge on any atom is 0.340 e. The number of carbonyl (C=O) groups excluding carboxylic acids is 2. The van der Waals surface area contributed by atoms with Crippen LogP contribution in [0.25, 0.3) is 6.08 Å². The number of methoxy groups -OCH3 is 3. The molecule has 0 fully saturated rings. The molecule has 0 bridgehead atoms. The molecule has 1 heterocycles. The zero-order valence-corrected chi connectivity index (χ0v) is 14.5. The van der Waals surface area contributed by atoms with Gasteiger partial charge < -0.3 is 19.1 Å². The highest BCUT2D eigenvalue weighted by Gasteiger charge is 2.36. The van der Waals surface area contributed by atoms with Crippen molar-refractivity contribution in [3.8, 4) is 11.5 Å². The van der Waals surface area contributed by atoms with Crippen molar-refractivity contribution in [1.82, 2.24) is 4.90 Å². The third-order valence-corrected chi connectivity index (χ3v) is 3.96. The van der Waals surface area contributed by atoms with Gasteiger partial charge in [0.2, 0.25) is 0 Å². The van der Waals surface area contributed by atoms with E-state index in [1.807, 2.05) is 6.92 Å². The topological polar surface area (TPSA) is 65.1 Å². The molecule has 6 heteroatoms. The predicted molar refractivity (Wildman–Crippen MR) is 89.6 cm³/mol. The number of hydrogen-bond acceptors (Lipinski definition) is 5. The number of rotatable bonds is 5. The number of carbonyl (C=O) groups is 2. The summed E-state index contributed by atoms with van der Waals surface area (Å²) in [5, 5.41) is 0. The molecule has 0 saturated heterocycles. The summed E-state index contributed by atoms with van der Waals surface area (Å²) < 4.78 is 15.4. The fourth-order valence-electron chi connectivity index (χ4n) is 2.70. The van der Waals surface area contributed by atoms with Crippen LogP contribution in [0.2, 0.25) is 0 Å². The van der Waals surface area contributed by atoms with Crippen molar-refractivity contribution in [2.24, 2.45) is 0 Å². The molecular formula is C18H21NO5. The fraction of sp³-hybridized carbons (Fsp3) is 0.333. The van der Waals surface area contributed by atoms with E-state index in [4.69, 9.17) is 14.2 Å². The van der Waals surface area contributed by atoms with Crippen LogP contribution in [0.15, 0.2) is 35.0 Å². The van der Waals surface area contributed by atoms with E-state index in [2.05, 4.69) is 0 Å². The molecule has 0 spiro atoms. The Balaban J connectivity index is 2.58. The van der Waals surface area contributed by atoms with Gasteiger partial charge in [0, 0.05) is 23.9 Å². The van der Waals surface area contributed by atoms with Crippen LogP contribution in [0.4, 0.5) is 0 Å². The van der Waals surface area contributed by atoms with Gasteiger partial charge in [0.15, 0.2) is 0 Å². The fourth-order valence-corrected chi connectivity index (χ4v) is 2.70. The first-order valence-corrected chi connectivity index (χ1v) is 7.53. The number of allylic oxidation sites excluding steroid dienone is 1. The average Bonchev–Trinajstić information content (AvgIpc) is 2.84. The summed E-state index contributed by atoms with van der Waals surface area (Å²) in [6.45, 7) is 4.06. The first kappa shape index (κ1) is 17.6. The van der Waals surface area contributed by atoms with E-state index in [0.717, 1.165) is 0 Å². The lowest BCUT2D eigenvalue weighted by atomic mass is 10.0. The Hall–Kier alpha value is -2.76. The van der Waals surface area contributed by atoms with Gasteiger partial charge in [-0.3, -0.25) is 4.79 Å². The highest BCUT2D eigenvalue weighted by Crippen LogP contribution is 2.34. The second-order valence-electron chi connectivity index (χ2n) is 5.17. The van der Waals surface area contributed by atoms with Crippen LogP contribution in [0.1, 0.15) is 19.4 Å². The van der Waals surface area contributed by atoms with E-state index in [-0.39, 0.29) is 11.5 Å². The second-order valence-corrected chi connectivity index (χ2v) is 5.17. The van der Waals surface area contributed by atoms with E-state index < -0.39 is 5.97 Å². The van der Waals surface area contributed by atoms with E-state index in [1.165, 1.54) is 14.2 Å². The molecule has 128 valence electrons. The molecule has 1 amide bonds. The van der Waals surface area contributed by atoms with Crippen LogP contribution in [0.5, 0.6) is 11.5 Å². The maximum atomic E-state index is 12.6. The van der Waals surface area contributed by atoms with Gasteiger partial charge >= 0.3 is 5.97 Å². The number of likely N-dealkylation sites (N-methyl/N-ethyl adjacent to an activating group) is 1. The van der Waals surface area contributed by atoms with Crippen LogP contribution in [0, 0.1) is 0 Å². The van der Waals surface area contributed by atoms with Crippen molar-refractivity contribution in [3.63, 3.8) is 0 Å². The van der Waals surface area contributed by atoms with Crippen molar-refractivity contribution in [3.05, 3.63) is 40.6 Å². The molecule has 0 aromatic heterocycles. The Morgan fingerprint density at radius 2 is 1.92 bits per heavy atom. The van der Waals surface area contributed by atoms with Crippen LogP contribution in [-0.2, 0) is 14.3 Å². The SMILES string of the molecule is CCN1C(=O)/C(=C\c2ccc(OC)cc2OC)C(C(=O)OC)=C1C. The number of amides is 1. The minimum Gasteiger partial charge on any atom is -0.497 e. The predicted octanol–water partition coefficient (Wildman–Crippen LogP) is 2.40. The first-order valence-electron chi connectivity index (χ1n) is 7.53. The van der Waals surface area contributed by atoms with Crippen molar-refractivity contribution >= 4 is 18.0 Å². The van der Waals surface area contributed by atoms with Crippen molar-refractivity contribution < 1.29 is 23.8 Å². The first-order chi connectivity index (χ1) is 11.5. The third-order valence-electron chi connectivity index (χ3n) is 3.96. The largest absolute Gasteiger partial charge is 0.497 e. The zero-order chi connectivity index (χ0) is 17.9. The number of ether oxygens (including phenoxy) is 3. The van der Waals surface area contributed by atoms with Crippen molar-refractivity contribution in [1.29, 1.82) is 0 Å². The number of benzene rings is 1. The standard InChI is InChI=1S/C18H21NO5/c1-6-19-11(2)16(18(21)24-5)14(17(19)20)9-12-7-8-13(22-3)10-15(12)23-4/h7-10H,6H2,1-5H3/b14-9-. The molecule has 0 saturated carbocycles. The van der Waals surface area contributed by atoms with Gasteiger partial charge in [0.1, 0.15) is 11.5 Å². The van der Waals surface area contributed by atoms with Gasteiger partial charge in [-0.2, -0.15) is 0 Å². The summed E-state index contributed by atoms with van der Waals surface area (Å²) in [6.07, 6.45) is 1.64. The summed E-state index contributed by atoms with van der Waals surface area (Å²) in [6, 6.07) is 5.26. The van der Waals surface area contributed by atoms with E-state index in [9.17, 15) is 9.59 Å². The van der Waals surface area contributed by atoms with Crippen LogP contribution in [0.3, 0.4) is 0 Å². The van der Waals surface area contributed by atoms with E-state index >= 15 is 0 Å². The molecule has 2 rings (SSSR count). The summed E-state index contributed by atoms with van der Waals surface area (Å²) >= 11 is 0. The molecule has 0 aliphatic carbocycles. The molecule has 1 aliphatic rings. The molecule has 1 aromatic rings. The van der Waals surface area contributed by atoms with Crippen molar-refractivity contribution in [2.45, 2.75) is 13.8 Å². The van der Waals surface area contributed by atoms with Crippen molar-refractivity contribution in [2.75, 3.05) is 27.9 Å². The van der Waals surface area contributed by atoms with Gasteiger partial charge in [-0.15, -0.1) is 0 Å². The summed E-state index contributed by atoms with van der Waals surface area (Å²) in [5.74, 6) is 0.428. The Bertz CT molecular complexity index is 733. The number of hydrogen-bond donors (Lipinski definition) is 0. The zero-order valence-electron chi connectivity index (χ0n) is 14.5. The Labute approximate surface area is 141 Å². The molecule has 0 unspecified atom stereocenters. The maximum absolute atomic E-state index is 12.6. The lowest BCUT2D eigenvalue weighted by Gasteiger charge is -2.14. The van der Waals surface area contributed by atoms with E-state index in [1.54, 1.807) is 43.2 Å². The van der Waals surface area contributed by atoms with E-state index in [0.29, 0.717) is 34.9 Å². The normalized spacial score (nSPS) is 16.0. The molecule has 6 nitrogen and oxygen atoms in total. The Morgan fingerprint density at radius 1 is 1.21 bits per heavy atom. The second kappa shape index (κ2) is 7.21. The minimum absolute atomic E-state index is 0.228. The smallest absolute Gasteiger partial charge is 0.340 e. The van der Waals surface area contributed by atoms with Crippen LogP contribution in [-0.4, -0.2) is 44.7 Å². The minimum atomic E-state index is -0.532. The molecular weight excluding hydrogens is 310 g/mol. The number of esters is 1. The lowest BCUT2D eigenvalue weighted by Crippen LogP contribution is -2.24. The van der Waals surface area contributed by atoms with Gasteiger partial charge in [-0.1, -0.05) is 0 Å². The average molecular weight is 331 g/mol. The Morgan fingerprint density at radius 3 is 2.46 bits per heavy atom. The summed E-state index contributed by atoms with van der Waals surface area (Å²) in [5.41, 5.74) is 1.84. The van der Waals surface area contributed by atoms with Gasteiger partial charge in [-0.05, 0) is 32.1 Å². The van der Waals surface area contributed by atoms with Gasteiger partial charge in [0.25, 0.3) is 5.91 Å². The highest BCUT2D eigenvalue weighted by atomic mass is 16.5. The van der Waals surface area contributed by atoms with Crippen LogP contribution < -0.4 is 9.47 Å². The Kier molecular flexibility index (Phi) is 5.28. The van der Waals surface area contributed by atoms with Gasteiger partial charge in [0.05, 0.1) is 32.5 Å². The molecule has 0 atom stereocenters. The lowest BCUT2D eigenvalue weighted by molar-refractivity contribution is -0.136. The quantitative estimate of drug-likeness (QED) is 0.612. The third kappa shape index (κ3) is 2.99. The summed E-state index contributed by atoms with van der Waals surface area (Å²) in [7, 11) is 4.40. The van der Waals surface area contributed by atoms with Gasteiger partial charge in [-0.25, -0.2) is 4.79 Å². The molecule has 0 radical (unpaired) electrons. The molecule has 0 N–H and O–H groups in total. The highest BCUT2D eigenvalue weighted by molar-refractivity contribution is 6.16. The molecule has 1 aromatic carbocycles. The number of nitrogens with zero attached hydrogens (tertiary/aromatic N) is 1. The molecule has 24 heavy (non-hydrogen) atoms.